The molecule has 0 aliphatic heterocycles. The van der Waals surface area contributed by atoms with Crippen molar-refractivity contribution in [3.05, 3.63) is 53.6 Å². The molecule has 3 rings (SSSR count). The normalized spacial score (nSPS) is 14.2. The lowest BCUT2D eigenvalue weighted by Crippen LogP contribution is -2.33. The Morgan fingerprint density at radius 1 is 1.03 bits per heavy atom. The number of ether oxygens (including phenoxy) is 2. The van der Waals surface area contributed by atoms with E-state index in [4.69, 9.17) is 15.2 Å². The second-order valence-corrected chi connectivity index (χ2v) is 8.09. The van der Waals surface area contributed by atoms with Gasteiger partial charge in [-0.3, -0.25) is 4.79 Å². The van der Waals surface area contributed by atoms with Crippen LogP contribution in [-0.4, -0.2) is 32.6 Å². The molecule has 7 nitrogen and oxygen atoms in total. The standard InChI is InChI=1S/C25H34N4O3.HI/c1-31-22-12-11-18(16-23(22)32-2)13-14-27-25(26)28-17-19-7-6-10-21(15-19)29-24(30)20-8-4-3-5-9-20;/h6-7,10-12,15-16,20H,3-5,8-9,13-14,17H2,1-2H3,(H,29,30)(H3,26,27,28);1H. The summed E-state index contributed by atoms with van der Waals surface area (Å²) in [4.78, 5) is 16.9. The predicted octanol–water partition coefficient (Wildman–Crippen LogP) is 4.49. The highest BCUT2D eigenvalue weighted by Gasteiger charge is 2.21. The molecular weight excluding hydrogens is 531 g/mol. The van der Waals surface area contributed by atoms with Gasteiger partial charge in [-0.05, 0) is 54.7 Å². The van der Waals surface area contributed by atoms with E-state index in [0.717, 1.165) is 48.9 Å². The Bertz CT molecular complexity index is 930. The molecule has 0 heterocycles. The minimum atomic E-state index is 0. The summed E-state index contributed by atoms with van der Waals surface area (Å²) >= 11 is 0. The Labute approximate surface area is 213 Å². The number of nitrogens with one attached hydrogen (secondary N) is 2. The molecule has 0 saturated heterocycles. The Balaban J connectivity index is 0.00000385. The van der Waals surface area contributed by atoms with Crippen molar-refractivity contribution in [2.24, 2.45) is 16.6 Å². The fourth-order valence-electron chi connectivity index (χ4n) is 3.96. The minimum absolute atomic E-state index is 0. The van der Waals surface area contributed by atoms with Gasteiger partial charge in [-0.2, -0.15) is 0 Å². The van der Waals surface area contributed by atoms with E-state index in [0.29, 0.717) is 30.5 Å². The first-order valence-electron chi connectivity index (χ1n) is 11.2. The van der Waals surface area contributed by atoms with E-state index >= 15 is 0 Å². The van der Waals surface area contributed by atoms with Crippen LogP contribution in [0, 0.1) is 5.92 Å². The molecule has 0 atom stereocenters. The summed E-state index contributed by atoms with van der Waals surface area (Å²) in [6.45, 7) is 1.10. The van der Waals surface area contributed by atoms with Crippen LogP contribution >= 0.6 is 24.0 Å². The second-order valence-electron chi connectivity index (χ2n) is 8.09. The zero-order chi connectivity index (χ0) is 22.8. The maximum atomic E-state index is 12.5. The average molecular weight is 566 g/mol. The van der Waals surface area contributed by atoms with Crippen molar-refractivity contribution in [1.29, 1.82) is 0 Å². The van der Waals surface area contributed by atoms with Crippen molar-refractivity contribution in [2.75, 3.05) is 26.1 Å². The molecular formula is C25H35IN4O3. The van der Waals surface area contributed by atoms with Crippen LogP contribution in [0.15, 0.2) is 47.5 Å². The van der Waals surface area contributed by atoms with Crippen LogP contribution in [0.4, 0.5) is 5.69 Å². The Hall–Kier alpha value is -2.49. The lowest BCUT2D eigenvalue weighted by atomic mass is 9.88. The summed E-state index contributed by atoms with van der Waals surface area (Å²) in [6.07, 6.45) is 6.28. The number of carbonyl (C=O) groups is 1. The van der Waals surface area contributed by atoms with Crippen LogP contribution in [0.3, 0.4) is 0 Å². The minimum Gasteiger partial charge on any atom is -0.493 e. The van der Waals surface area contributed by atoms with Gasteiger partial charge in [0.15, 0.2) is 17.5 Å². The van der Waals surface area contributed by atoms with E-state index in [-0.39, 0.29) is 35.8 Å². The van der Waals surface area contributed by atoms with Crippen LogP contribution in [0.2, 0.25) is 0 Å². The molecule has 0 aromatic heterocycles. The molecule has 180 valence electrons. The van der Waals surface area contributed by atoms with Crippen molar-refractivity contribution < 1.29 is 14.3 Å². The molecule has 0 bridgehead atoms. The lowest BCUT2D eigenvalue weighted by Gasteiger charge is -2.20. The fourth-order valence-corrected chi connectivity index (χ4v) is 3.96. The van der Waals surface area contributed by atoms with Crippen molar-refractivity contribution in [3.63, 3.8) is 0 Å². The van der Waals surface area contributed by atoms with Gasteiger partial charge in [-0.1, -0.05) is 37.5 Å². The number of nitrogens with zero attached hydrogens (tertiary/aromatic N) is 1. The van der Waals surface area contributed by atoms with Crippen LogP contribution in [-0.2, 0) is 17.8 Å². The van der Waals surface area contributed by atoms with Crippen LogP contribution < -0.4 is 25.8 Å². The number of hydrogen-bond donors (Lipinski definition) is 3. The van der Waals surface area contributed by atoms with Gasteiger partial charge in [-0.15, -0.1) is 24.0 Å². The number of halogens is 1. The quantitative estimate of drug-likeness (QED) is 0.236. The second kappa shape index (κ2) is 13.9. The van der Waals surface area contributed by atoms with Gasteiger partial charge in [0.25, 0.3) is 0 Å². The van der Waals surface area contributed by atoms with Gasteiger partial charge in [0, 0.05) is 18.2 Å². The molecule has 8 heteroatoms. The first kappa shape index (κ1) is 26.8. The lowest BCUT2D eigenvalue weighted by molar-refractivity contribution is -0.120. The molecule has 0 radical (unpaired) electrons. The number of nitrogens with two attached hydrogens (primary N) is 1. The maximum absolute atomic E-state index is 12.5. The van der Waals surface area contributed by atoms with Crippen LogP contribution in [0.25, 0.3) is 0 Å². The summed E-state index contributed by atoms with van der Waals surface area (Å²) < 4.78 is 10.6. The molecule has 1 aliphatic rings. The van der Waals surface area contributed by atoms with Crippen molar-refractivity contribution in [1.82, 2.24) is 5.32 Å². The number of hydrogen-bond acceptors (Lipinski definition) is 4. The summed E-state index contributed by atoms with van der Waals surface area (Å²) in [6, 6.07) is 13.6. The highest BCUT2D eigenvalue weighted by molar-refractivity contribution is 14.0. The molecule has 1 aliphatic carbocycles. The van der Waals surface area contributed by atoms with Gasteiger partial charge in [-0.25, -0.2) is 4.99 Å². The highest BCUT2D eigenvalue weighted by Crippen LogP contribution is 2.27. The third-order valence-electron chi connectivity index (χ3n) is 5.77. The summed E-state index contributed by atoms with van der Waals surface area (Å²) in [5.74, 6) is 2.07. The van der Waals surface area contributed by atoms with E-state index in [9.17, 15) is 4.79 Å². The number of guanidine groups is 1. The third-order valence-corrected chi connectivity index (χ3v) is 5.77. The summed E-state index contributed by atoms with van der Waals surface area (Å²) in [5, 5.41) is 6.20. The number of carbonyl (C=O) groups excluding carboxylic acids is 1. The monoisotopic (exact) mass is 566 g/mol. The fraction of sp³-hybridized carbons (Fsp3) is 0.440. The number of anilines is 1. The largest absolute Gasteiger partial charge is 0.493 e. The van der Waals surface area contributed by atoms with Gasteiger partial charge in [0.1, 0.15) is 0 Å². The van der Waals surface area contributed by atoms with Crippen LogP contribution in [0.1, 0.15) is 43.2 Å². The number of methoxy groups -OCH3 is 2. The third kappa shape index (κ3) is 8.42. The van der Waals surface area contributed by atoms with E-state index in [2.05, 4.69) is 15.6 Å². The molecule has 2 aromatic carbocycles. The number of aliphatic imine (C=N–C) groups is 1. The molecule has 1 saturated carbocycles. The zero-order valence-electron chi connectivity index (χ0n) is 19.4. The summed E-state index contributed by atoms with van der Waals surface area (Å²) in [5.41, 5.74) is 8.95. The van der Waals surface area contributed by atoms with E-state index in [1.54, 1.807) is 14.2 Å². The molecule has 33 heavy (non-hydrogen) atoms. The highest BCUT2D eigenvalue weighted by atomic mass is 127. The van der Waals surface area contributed by atoms with Gasteiger partial charge >= 0.3 is 0 Å². The van der Waals surface area contributed by atoms with E-state index < -0.39 is 0 Å². The Morgan fingerprint density at radius 2 is 1.79 bits per heavy atom. The first-order valence-corrected chi connectivity index (χ1v) is 11.2. The first-order chi connectivity index (χ1) is 15.6. The van der Waals surface area contributed by atoms with E-state index in [1.807, 2.05) is 42.5 Å². The number of amides is 1. The number of benzene rings is 2. The molecule has 1 amide bonds. The predicted molar refractivity (Wildman–Crippen MR) is 144 cm³/mol. The zero-order valence-corrected chi connectivity index (χ0v) is 21.8. The van der Waals surface area contributed by atoms with Gasteiger partial charge in [0.05, 0.1) is 20.8 Å². The van der Waals surface area contributed by atoms with Gasteiger partial charge < -0.3 is 25.8 Å². The molecule has 0 spiro atoms. The Kier molecular flexibility index (Phi) is 11.3. The molecule has 0 unspecified atom stereocenters. The molecule has 2 aromatic rings. The van der Waals surface area contributed by atoms with Crippen molar-refractivity contribution in [3.8, 4) is 11.5 Å². The topological polar surface area (TPSA) is 98.0 Å². The molecule has 4 N–H and O–H groups in total. The van der Waals surface area contributed by atoms with Crippen LogP contribution in [0.5, 0.6) is 11.5 Å². The van der Waals surface area contributed by atoms with Crippen molar-refractivity contribution >= 4 is 41.5 Å². The van der Waals surface area contributed by atoms with E-state index in [1.165, 1.54) is 6.42 Å². The number of rotatable bonds is 9. The average Bonchev–Trinajstić information content (AvgIpc) is 2.83. The van der Waals surface area contributed by atoms with Gasteiger partial charge in [0.2, 0.25) is 5.91 Å². The Morgan fingerprint density at radius 3 is 2.52 bits per heavy atom. The molecule has 1 fully saturated rings. The smallest absolute Gasteiger partial charge is 0.227 e. The SMILES string of the molecule is COc1ccc(CCNC(N)=NCc2cccc(NC(=O)C3CCCCC3)c2)cc1OC.I. The van der Waals surface area contributed by atoms with Crippen molar-refractivity contribution in [2.45, 2.75) is 45.1 Å². The maximum Gasteiger partial charge on any atom is 0.227 e. The summed E-state index contributed by atoms with van der Waals surface area (Å²) in [7, 11) is 3.25.